The summed E-state index contributed by atoms with van der Waals surface area (Å²) in [6.45, 7) is 0.951. The Hall–Kier alpha value is -0.710. The summed E-state index contributed by atoms with van der Waals surface area (Å²) in [5.74, 6) is 0.821. The van der Waals surface area contributed by atoms with Gasteiger partial charge in [-0.05, 0) is 31.5 Å². The van der Waals surface area contributed by atoms with Crippen molar-refractivity contribution in [2.45, 2.75) is 24.3 Å². The minimum atomic E-state index is -0.313. The van der Waals surface area contributed by atoms with Crippen molar-refractivity contribution in [3.05, 3.63) is 30.3 Å². The number of aliphatic hydroxyl groups is 1. The Balaban J connectivity index is 1.82. The first kappa shape index (κ1) is 10.8. The summed E-state index contributed by atoms with van der Waals surface area (Å²) in [4.78, 5) is 0. The standard InChI is InChI=1S/C11H15NO2S/c13-10-7-4-8-12-11(10)15-14-9-5-2-1-3-6-9/h1-3,5-6,10-13H,4,7-8H2. The lowest BCUT2D eigenvalue weighted by Gasteiger charge is -2.27. The van der Waals surface area contributed by atoms with E-state index in [1.165, 1.54) is 12.0 Å². The molecule has 0 bridgehead atoms. The first-order valence-corrected chi connectivity index (χ1v) is 5.96. The Kier molecular flexibility index (Phi) is 3.88. The zero-order chi connectivity index (χ0) is 10.5. The number of hydrogen-bond acceptors (Lipinski definition) is 4. The molecule has 0 radical (unpaired) electrons. The molecule has 0 aromatic heterocycles. The molecule has 0 aliphatic carbocycles. The highest BCUT2D eigenvalue weighted by Crippen LogP contribution is 2.23. The van der Waals surface area contributed by atoms with Crippen LogP contribution in [0.25, 0.3) is 0 Å². The fourth-order valence-corrected chi connectivity index (χ4v) is 2.30. The molecule has 1 aromatic rings. The van der Waals surface area contributed by atoms with E-state index in [-0.39, 0.29) is 11.5 Å². The topological polar surface area (TPSA) is 41.5 Å². The lowest BCUT2D eigenvalue weighted by molar-refractivity contribution is 0.128. The van der Waals surface area contributed by atoms with E-state index in [2.05, 4.69) is 5.32 Å². The third kappa shape index (κ3) is 3.12. The summed E-state index contributed by atoms with van der Waals surface area (Å²) in [6, 6.07) is 9.62. The minimum Gasteiger partial charge on any atom is -0.424 e. The summed E-state index contributed by atoms with van der Waals surface area (Å²) in [7, 11) is 0. The predicted molar refractivity (Wildman–Crippen MR) is 61.7 cm³/mol. The van der Waals surface area contributed by atoms with Gasteiger partial charge in [0.1, 0.15) is 11.1 Å². The molecule has 1 saturated heterocycles. The Morgan fingerprint density at radius 3 is 2.87 bits per heavy atom. The molecular formula is C11H15NO2S. The van der Waals surface area contributed by atoms with Crippen LogP contribution in [0.1, 0.15) is 12.8 Å². The van der Waals surface area contributed by atoms with Crippen LogP contribution in [0.4, 0.5) is 0 Å². The van der Waals surface area contributed by atoms with Gasteiger partial charge in [0.25, 0.3) is 0 Å². The fraction of sp³-hybridized carbons (Fsp3) is 0.455. The molecular weight excluding hydrogens is 210 g/mol. The zero-order valence-electron chi connectivity index (χ0n) is 8.43. The normalized spacial score (nSPS) is 26.2. The third-order valence-corrected chi connectivity index (χ3v) is 3.34. The Labute approximate surface area is 94.0 Å². The first-order valence-electron chi connectivity index (χ1n) is 5.16. The van der Waals surface area contributed by atoms with Gasteiger partial charge in [0.15, 0.2) is 0 Å². The predicted octanol–water partition coefficient (Wildman–Crippen LogP) is 1.78. The van der Waals surface area contributed by atoms with Crippen molar-refractivity contribution in [1.29, 1.82) is 0 Å². The van der Waals surface area contributed by atoms with Crippen LogP contribution in [-0.2, 0) is 0 Å². The SMILES string of the molecule is OC1CCCNC1SOc1ccccc1. The van der Waals surface area contributed by atoms with Gasteiger partial charge in [0.05, 0.1) is 18.1 Å². The maximum absolute atomic E-state index is 9.68. The largest absolute Gasteiger partial charge is 0.424 e. The molecule has 1 aliphatic rings. The van der Waals surface area contributed by atoms with Crippen molar-refractivity contribution in [2.75, 3.05) is 6.54 Å². The number of piperidine rings is 1. The molecule has 2 unspecified atom stereocenters. The van der Waals surface area contributed by atoms with Crippen LogP contribution < -0.4 is 9.50 Å². The van der Waals surface area contributed by atoms with Crippen LogP contribution in [-0.4, -0.2) is 23.1 Å². The average molecular weight is 225 g/mol. The van der Waals surface area contributed by atoms with Gasteiger partial charge in [-0.25, -0.2) is 0 Å². The van der Waals surface area contributed by atoms with E-state index >= 15 is 0 Å². The van der Waals surface area contributed by atoms with E-state index in [0.717, 1.165) is 25.1 Å². The van der Waals surface area contributed by atoms with Crippen LogP contribution in [0.15, 0.2) is 30.3 Å². The van der Waals surface area contributed by atoms with Gasteiger partial charge in [-0.3, -0.25) is 0 Å². The monoisotopic (exact) mass is 225 g/mol. The molecule has 2 atom stereocenters. The quantitative estimate of drug-likeness (QED) is 0.769. The van der Waals surface area contributed by atoms with Crippen molar-refractivity contribution < 1.29 is 9.29 Å². The van der Waals surface area contributed by atoms with E-state index in [4.69, 9.17) is 4.18 Å². The van der Waals surface area contributed by atoms with E-state index < -0.39 is 0 Å². The van der Waals surface area contributed by atoms with E-state index in [1.54, 1.807) is 0 Å². The second-order valence-corrected chi connectivity index (χ2v) is 4.44. The second-order valence-electron chi connectivity index (χ2n) is 3.58. The highest BCUT2D eigenvalue weighted by molar-refractivity contribution is 7.95. The van der Waals surface area contributed by atoms with E-state index in [1.807, 2.05) is 30.3 Å². The number of benzene rings is 1. The molecule has 2 rings (SSSR count). The van der Waals surface area contributed by atoms with Crippen molar-refractivity contribution in [1.82, 2.24) is 5.32 Å². The highest BCUT2D eigenvalue weighted by Gasteiger charge is 2.24. The maximum atomic E-state index is 9.68. The summed E-state index contributed by atoms with van der Waals surface area (Å²) in [6.07, 6.45) is 1.57. The van der Waals surface area contributed by atoms with E-state index in [9.17, 15) is 5.11 Å². The van der Waals surface area contributed by atoms with Crippen LogP contribution in [0.2, 0.25) is 0 Å². The molecule has 0 spiro atoms. The summed E-state index contributed by atoms with van der Waals surface area (Å²) in [5, 5.41) is 12.9. The summed E-state index contributed by atoms with van der Waals surface area (Å²) >= 11 is 1.30. The van der Waals surface area contributed by atoms with Crippen LogP contribution in [0.5, 0.6) is 5.75 Å². The second kappa shape index (κ2) is 5.39. The Morgan fingerprint density at radius 2 is 2.13 bits per heavy atom. The molecule has 1 aliphatic heterocycles. The number of hydrogen-bond donors (Lipinski definition) is 2. The average Bonchev–Trinajstić information content (AvgIpc) is 2.29. The van der Waals surface area contributed by atoms with Gasteiger partial charge in [-0.15, -0.1) is 0 Å². The van der Waals surface area contributed by atoms with Gasteiger partial charge < -0.3 is 14.6 Å². The van der Waals surface area contributed by atoms with Gasteiger partial charge in [0.2, 0.25) is 0 Å². The number of nitrogens with one attached hydrogen (secondary N) is 1. The lowest BCUT2D eigenvalue weighted by Crippen LogP contribution is -2.42. The Bertz CT molecular complexity index is 294. The van der Waals surface area contributed by atoms with Crippen molar-refractivity contribution in [2.24, 2.45) is 0 Å². The third-order valence-electron chi connectivity index (χ3n) is 2.36. The summed E-state index contributed by atoms with van der Waals surface area (Å²) < 4.78 is 5.51. The van der Waals surface area contributed by atoms with Gasteiger partial charge >= 0.3 is 0 Å². The molecule has 82 valence electrons. The molecule has 1 fully saturated rings. The van der Waals surface area contributed by atoms with Crippen LogP contribution >= 0.6 is 12.0 Å². The van der Waals surface area contributed by atoms with Crippen molar-refractivity contribution >= 4 is 12.0 Å². The van der Waals surface area contributed by atoms with Gasteiger partial charge in [-0.1, -0.05) is 18.2 Å². The Morgan fingerprint density at radius 1 is 1.33 bits per heavy atom. The van der Waals surface area contributed by atoms with Gasteiger partial charge in [0, 0.05) is 0 Å². The van der Waals surface area contributed by atoms with Crippen molar-refractivity contribution in [3.63, 3.8) is 0 Å². The number of para-hydroxylation sites is 1. The molecule has 15 heavy (non-hydrogen) atoms. The molecule has 0 amide bonds. The highest BCUT2D eigenvalue weighted by atomic mass is 32.2. The molecule has 0 saturated carbocycles. The van der Waals surface area contributed by atoms with Crippen LogP contribution in [0, 0.1) is 0 Å². The number of rotatable bonds is 3. The van der Waals surface area contributed by atoms with E-state index in [0.29, 0.717) is 0 Å². The smallest absolute Gasteiger partial charge is 0.137 e. The maximum Gasteiger partial charge on any atom is 0.137 e. The lowest BCUT2D eigenvalue weighted by atomic mass is 10.1. The molecule has 1 aromatic carbocycles. The zero-order valence-corrected chi connectivity index (χ0v) is 9.24. The molecule has 4 heteroatoms. The number of aliphatic hydroxyl groups excluding tert-OH is 1. The van der Waals surface area contributed by atoms with Crippen LogP contribution in [0.3, 0.4) is 0 Å². The minimum absolute atomic E-state index is 0.0149. The first-order chi connectivity index (χ1) is 7.36. The molecule has 3 nitrogen and oxygen atoms in total. The molecule has 1 heterocycles. The molecule has 2 N–H and O–H groups in total. The fourth-order valence-electron chi connectivity index (χ4n) is 1.52. The van der Waals surface area contributed by atoms with Gasteiger partial charge in [-0.2, -0.15) is 0 Å². The van der Waals surface area contributed by atoms with Crippen molar-refractivity contribution in [3.8, 4) is 5.75 Å². The summed E-state index contributed by atoms with van der Waals surface area (Å²) in [5.41, 5.74) is 0.